The van der Waals surface area contributed by atoms with Gasteiger partial charge in [-0.25, -0.2) is 17.1 Å². The molecule has 1 aliphatic rings. The van der Waals surface area contributed by atoms with Crippen LogP contribution in [0.4, 0.5) is 10.2 Å². The van der Waals surface area contributed by atoms with E-state index in [9.17, 15) is 12.8 Å². The molecule has 1 saturated heterocycles. The van der Waals surface area contributed by atoms with Crippen LogP contribution < -0.4 is 5.32 Å². The van der Waals surface area contributed by atoms with Gasteiger partial charge in [-0.1, -0.05) is 12.1 Å². The average molecular weight is 390 g/mol. The zero-order valence-corrected chi connectivity index (χ0v) is 15.5. The highest BCUT2D eigenvalue weighted by Gasteiger charge is 2.34. The van der Waals surface area contributed by atoms with Gasteiger partial charge in [0.25, 0.3) is 0 Å². The number of anilines is 1. The van der Waals surface area contributed by atoms with Crippen LogP contribution in [0.15, 0.2) is 36.4 Å². The highest BCUT2D eigenvalue weighted by Crippen LogP contribution is 2.22. The first-order valence-corrected chi connectivity index (χ1v) is 10.3. The van der Waals surface area contributed by atoms with Crippen molar-refractivity contribution in [1.29, 1.82) is 0 Å². The van der Waals surface area contributed by atoms with E-state index in [0.717, 1.165) is 0 Å². The van der Waals surface area contributed by atoms with Gasteiger partial charge in [0.1, 0.15) is 11.6 Å². The molecular weight excluding hydrogens is 371 g/mol. The highest BCUT2D eigenvalue weighted by atomic mass is 32.2. The zero-order valence-electron chi connectivity index (χ0n) is 14.7. The monoisotopic (exact) mass is 390 g/mol. The van der Waals surface area contributed by atoms with Crippen molar-refractivity contribution >= 4 is 21.5 Å². The van der Waals surface area contributed by atoms with Gasteiger partial charge in [0.2, 0.25) is 10.0 Å². The number of halogens is 1. The van der Waals surface area contributed by atoms with Gasteiger partial charge in [-0.2, -0.15) is 4.52 Å². The second-order valence-electron chi connectivity index (χ2n) is 6.46. The van der Waals surface area contributed by atoms with Gasteiger partial charge < -0.3 is 5.32 Å². The molecule has 1 N–H and O–H groups in total. The third kappa shape index (κ3) is 3.37. The number of fused-ring (bicyclic) bond motifs is 1. The predicted octanol–water partition coefficient (Wildman–Crippen LogP) is 1.62. The van der Waals surface area contributed by atoms with Crippen molar-refractivity contribution in [3.05, 3.63) is 42.2 Å². The number of hydrogen-bond acceptors (Lipinski definition) is 6. The lowest BCUT2D eigenvalue weighted by Crippen LogP contribution is -2.52. The maximum atomic E-state index is 14.1. The molecule has 0 amide bonds. The quantitative estimate of drug-likeness (QED) is 0.688. The van der Waals surface area contributed by atoms with E-state index in [2.05, 4.69) is 20.6 Å². The Morgan fingerprint density at radius 3 is 2.70 bits per heavy atom. The molecule has 3 heterocycles. The van der Waals surface area contributed by atoms with Crippen LogP contribution in [0, 0.1) is 11.7 Å². The minimum absolute atomic E-state index is 0.123. The zero-order chi connectivity index (χ0) is 19.0. The standard InChI is InChI=1S/C17H19FN6O2S/c1-2-27(25,26)23-10-12(11-23)9-19-15-7-8-16-20-21-17(24(16)22-15)13-5-3-4-6-14(13)18/h3-8,12H,2,9-11H2,1H3,(H,19,22). The van der Waals surface area contributed by atoms with Gasteiger partial charge in [-0.3, -0.25) is 0 Å². The summed E-state index contributed by atoms with van der Waals surface area (Å²) in [7, 11) is -3.11. The fraction of sp³-hybridized carbons (Fsp3) is 0.353. The molecule has 0 bridgehead atoms. The maximum Gasteiger partial charge on any atom is 0.213 e. The van der Waals surface area contributed by atoms with Crippen molar-refractivity contribution in [1.82, 2.24) is 24.1 Å². The number of hydrogen-bond donors (Lipinski definition) is 1. The lowest BCUT2D eigenvalue weighted by atomic mass is 10.0. The van der Waals surface area contributed by atoms with Gasteiger partial charge in [0.15, 0.2) is 11.5 Å². The molecule has 0 aliphatic carbocycles. The molecule has 2 aromatic heterocycles. The van der Waals surface area contributed by atoms with Crippen LogP contribution >= 0.6 is 0 Å². The first-order valence-electron chi connectivity index (χ1n) is 8.67. The summed E-state index contributed by atoms with van der Waals surface area (Å²) < 4.78 is 40.6. The molecular formula is C17H19FN6O2S. The predicted molar refractivity (Wildman–Crippen MR) is 99.2 cm³/mol. The number of nitrogens with zero attached hydrogens (tertiary/aromatic N) is 5. The molecule has 1 aliphatic heterocycles. The van der Waals surface area contributed by atoms with E-state index in [0.29, 0.717) is 42.5 Å². The van der Waals surface area contributed by atoms with Gasteiger partial charge in [0, 0.05) is 25.6 Å². The molecule has 1 aromatic carbocycles. The summed E-state index contributed by atoms with van der Waals surface area (Å²) in [5.41, 5.74) is 0.844. The Balaban J connectivity index is 1.48. The van der Waals surface area contributed by atoms with Gasteiger partial charge >= 0.3 is 0 Å². The molecule has 10 heteroatoms. The second-order valence-corrected chi connectivity index (χ2v) is 8.71. The normalized spacial score (nSPS) is 15.8. The minimum atomic E-state index is -3.11. The van der Waals surface area contributed by atoms with Gasteiger partial charge in [-0.15, -0.1) is 15.3 Å². The van der Waals surface area contributed by atoms with Crippen molar-refractivity contribution in [2.75, 3.05) is 30.7 Å². The highest BCUT2D eigenvalue weighted by molar-refractivity contribution is 7.89. The van der Waals surface area contributed by atoms with Crippen molar-refractivity contribution in [3.8, 4) is 11.4 Å². The van der Waals surface area contributed by atoms with Crippen LogP contribution in [0.1, 0.15) is 6.92 Å². The van der Waals surface area contributed by atoms with Crippen LogP contribution in [-0.2, 0) is 10.0 Å². The van der Waals surface area contributed by atoms with E-state index < -0.39 is 15.8 Å². The molecule has 142 valence electrons. The Bertz CT molecular complexity index is 1080. The van der Waals surface area contributed by atoms with Crippen LogP contribution in [0.2, 0.25) is 0 Å². The molecule has 0 atom stereocenters. The molecule has 0 unspecified atom stereocenters. The number of benzene rings is 1. The lowest BCUT2D eigenvalue weighted by molar-refractivity contribution is 0.212. The van der Waals surface area contributed by atoms with E-state index in [4.69, 9.17) is 0 Å². The smallest absolute Gasteiger partial charge is 0.213 e. The van der Waals surface area contributed by atoms with E-state index >= 15 is 0 Å². The number of nitrogens with one attached hydrogen (secondary N) is 1. The van der Waals surface area contributed by atoms with Crippen molar-refractivity contribution < 1.29 is 12.8 Å². The Kier molecular flexibility index (Phi) is 4.52. The summed E-state index contributed by atoms with van der Waals surface area (Å²) in [6, 6.07) is 9.86. The van der Waals surface area contributed by atoms with Crippen LogP contribution in [-0.4, -0.2) is 57.9 Å². The van der Waals surface area contributed by atoms with Gasteiger partial charge in [-0.05, 0) is 31.2 Å². The van der Waals surface area contributed by atoms with Crippen molar-refractivity contribution in [2.24, 2.45) is 5.92 Å². The second kappa shape index (κ2) is 6.86. The lowest BCUT2D eigenvalue weighted by Gasteiger charge is -2.37. The third-order valence-corrected chi connectivity index (χ3v) is 6.45. The molecule has 3 aromatic rings. The Labute approximate surface area is 156 Å². The number of rotatable bonds is 6. The third-order valence-electron chi connectivity index (χ3n) is 4.63. The van der Waals surface area contributed by atoms with Crippen LogP contribution in [0.25, 0.3) is 17.0 Å². The van der Waals surface area contributed by atoms with Crippen molar-refractivity contribution in [2.45, 2.75) is 6.92 Å². The average Bonchev–Trinajstić information content (AvgIpc) is 3.03. The fourth-order valence-electron chi connectivity index (χ4n) is 3.00. The SMILES string of the molecule is CCS(=O)(=O)N1CC(CNc2ccc3nnc(-c4ccccc4F)n3n2)C1. The first-order chi connectivity index (χ1) is 13.0. The van der Waals surface area contributed by atoms with Crippen molar-refractivity contribution in [3.63, 3.8) is 0 Å². The molecule has 0 saturated carbocycles. The first kappa shape index (κ1) is 17.8. The summed E-state index contributed by atoms with van der Waals surface area (Å²) in [4.78, 5) is 0. The van der Waals surface area contributed by atoms with E-state index in [1.807, 2.05) is 0 Å². The molecule has 27 heavy (non-hydrogen) atoms. The van der Waals surface area contributed by atoms with Gasteiger partial charge in [0.05, 0.1) is 11.3 Å². The topological polar surface area (TPSA) is 92.5 Å². The number of sulfonamides is 1. The molecule has 0 radical (unpaired) electrons. The largest absolute Gasteiger partial charge is 0.368 e. The molecule has 4 rings (SSSR count). The van der Waals surface area contributed by atoms with Crippen LogP contribution in [0.5, 0.6) is 0 Å². The maximum absolute atomic E-state index is 14.1. The summed E-state index contributed by atoms with van der Waals surface area (Å²) in [5.74, 6) is 0.888. The fourth-order valence-corrected chi connectivity index (χ4v) is 4.24. The molecule has 1 fully saturated rings. The summed E-state index contributed by atoms with van der Waals surface area (Å²) in [6.07, 6.45) is 0. The summed E-state index contributed by atoms with van der Waals surface area (Å²) >= 11 is 0. The Morgan fingerprint density at radius 1 is 1.19 bits per heavy atom. The van der Waals surface area contributed by atoms with E-state index in [-0.39, 0.29) is 11.7 Å². The minimum Gasteiger partial charge on any atom is -0.368 e. The Hall–Kier alpha value is -2.59. The van der Waals surface area contributed by atoms with Crippen LogP contribution in [0.3, 0.4) is 0 Å². The molecule has 8 nitrogen and oxygen atoms in total. The van der Waals surface area contributed by atoms with E-state index in [1.165, 1.54) is 14.9 Å². The summed E-state index contributed by atoms with van der Waals surface area (Å²) in [5, 5.41) is 15.7. The summed E-state index contributed by atoms with van der Waals surface area (Å²) in [6.45, 7) is 3.27. The number of aromatic nitrogens is 4. The molecule has 0 spiro atoms. The van der Waals surface area contributed by atoms with E-state index in [1.54, 1.807) is 37.3 Å². The Morgan fingerprint density at radius 2 is 1.96 bits per heavy atom.